The first-order chi connectivity index (χ1) is 7.87. The largest absolute Gasteiger partial charge is 0.401 e. The monoisotopic (exact) mass is 248 g/mol. The molecule has 1 saturated carbocycles. The van der Waals surface area contributed by atoms with Crippen molar-refractivity contribution in [1.82, 2.24) is 4.90 Å². The van der Waals surface area contributed by atoms with Gasteiger partial charge in [0, 0.05) is 6.04 Å². The van der Waals surface area contributed by atoms with Gasteiger partial charge in [0.1, 0.15) is 0 Å². The second-order valence-electron chi connectivity index (χ2n) is 4.90. The normalized spacial score (nSPS) is 30.3. The highest BCUT2D eigenvalue weighted by atomic mass is 19.4. The Hall–Kier alpha value is -0.760. The standard InChI is InChI=1S/C12H19F3N2/c1-3-17(8-12(13,14)15)11-6-9(2)4-5-10(11)7-16/h9-11H,3-6,8H2,1-2H3. The molecule has 0 aliphatic heterocycles. The molecule has 5 heteroatoms. The van der Waals surface area contributed by atoms with E-state index in [4.69, 9.17) is 5.26 Å². The molecule has 0 aromatic rings. The van der Waals surface area contributed by atoms with E-state index in [9.17, 15) is 13.2 Å². The van der Waals surface area contributed by atoms with Crippen molar-refractivity contribution in [2.45, 2.75) is 45.3 Å². The van der Waals surface area contributed by atoms with Gasteiger partial charge in [-0.05, 0) is 31.7 Å². The van der Waals surface area contributed by atoms with Gasteiger partial charge in [-0.3, -0.25) is 4.90 Å². The van der Waals surface area contributed by atoms with Crippen LogP contribution in [0.15, 0.2) is 0 Å². The summed E-state index contributed by atoms with van der Waals surface area (Å²) in [5.74, 6) is 0.153. The fourth-order valence-corrected chi connectivity index (χ4v) is 2.60. The van der Waals surface area contributed by atoms with Gasteiger partial charge < -0.3 is 0 Å². The van der Waals surface area contributed by atoms with Crippen molar-refractivity contribution in [3.8, 4) is 6.07 Å². The molecule has 0 saturated heterocycles. The lowest BCUT2D eigenvalue weighted by Crippen LogP contribution is -2.47. The fraction of sp³-hybridized carbons (Fsp3) is 0.917. The Morgan fingerprint density at radius 3 is 2.47 bits per heavy atom. The molecule has 0 bridgehead atoms. The Kier molecular flexibility index (Phi) is 4.81. The highest BCUT2D eigenvalue weighted by Crippen LogP contribution is 2.33. The molecular weight excluding hydrogens is 229 g/mol. The molecule has 0 amide bonds. The third-order valence-electron chi connectivity index (χ3n) is 3.50. The van der Waals surface area contributed by atoms with Crippen molar-refractivity contribution < 1.29 is 13.2 Å². The first kappa shape index (κ1) is 14.3. The van der Waals surface area contributed by atoms with Crippen LogP contribution in [0.4, 0.5) is 13.2 Å². The first-order valence-electron chi connectivity index (χ1n) is 6.07. The predicted octanol–water partition coefficient (Wildman–Crippen LogP) is 3.20. The average molecular weight is 248 g/mol. The van der Waals surface area contributed by atoms with Gasteiger partial charge in [0.05, 0.1) is 18.5 Å². The van der Waals surface area contributed by atoms with Crippen molar-refractivity contribution in [2.75, 3.05) is 13.1 Å². The summed E-state index contributed by atoms with van der Waals surface area (Å²) in [7, 11) is 0. The van der Waals surface area contributed by atoms with E-state index in [0.29, 0.717) is 18.9 Å². The Bertz CT molecular complexity index is 282. The van der Waals surface area contributed by atoms with E-state index in [1.807, 2.05) is 6.92 Å². The highest BCUT2D eigenvalue weighted by molar-refractivity contribution is 4.97. The van der Waals surface area contributed by atoms with Crippen LogP contribution in [0.25, 0.3) is 0 Å². The van der Waals surface area contributed by atoms with Crippen molar-refractivity contribution in [3.05, 3.63) is 0 Å². The maximum Gasteiger partial charge on any atom is 0.401 e. The van der Waals surface area contributed by atoms with E-state index < -0.39 is 12.7 Å². The minimum absolute atomic E-state index is 0.240. The number of rotatable bonds is 3. The van der Waals surface area contributed by atoms with E-state index in [0.717, 1.165) is 12.8 Å². The molecule has 0 aromatic heterocycles. The van der Waals surface area contributed by atoms with Crippen LogP contribution in [0.3, 0.4) is 0 Å². The molecule has 1 rings (SSSR count). The van der Waals surface area contributed by atoms with Gasteiger partial charge in [-0.2, -0.15) is 18.4 Å². The summed E-state index contributed by atoms with van der Waals surface area (Å²) in [4.78, 5) is 1.41. The zero-order valence-electron chi connectivity index (χ0n) is 10.3. The van der Waals surface area contributed by atoms with E-state index in [1.54, 1.807) is 6.92 Å². The molecule has 1 aliphatic rings. The summed E-state index contributed by atoms with van der Waals surface area (Å²) in [6.07, 6.45) is -1.83. The molecule has 98 valence electrons. The van der Waals surface area contributed by atoms with Gasteiger partial charge in [-0.25, -0.2) is 0 Å². The summed E-state index contributed by atoms with van der Waals surface area (Å²) >= 11 is 0. The Labute approximate surface area is 100 Å². The Morgan fingerprint density at radius 1 is 1.35 bits per heavy atom. The number of alkyl halides is 3. The van der Waals surface area contributed by atoms with Crippen LogP contribution in [0.1, 0.15) is 33.1 Å². The highest BCUT2D eigenvalue weighted by Gasteiger charge is 2.38. The van der Waals surface area contributed by atoms with Gasteiger partial charge in [0.15, 0.2) is 0 Å². The van der Waals surface area contributed by atoms with Crippen molar-refractivity contribution >= 4 is 0 Å². The van der Waals surface area contributed by atoms with Crippen LogP contribution in [-0.2, 0) is 0 Å². The fourth-order valence-electron chi connectivity index (χ4n) is 2.60. The Morgan fingerprint density at radius 2 is 2.00 bits per heavy atom. The molecule has 0 radical (unpaired) electrons. The maximum absolute atomic E-state index is 12.5. The van der Waals surface area contributed by atoms with Gasteiger partial charge in [-0.1, -0.05) is 13.8 Å². The zero-order chi connectivity index (χ0) is 13.1. The summed E-state index contributed by atoms with van der Waals surface area (Å²) in [6, 6.07) is 1.93. The molecule has 1 aliphatic carbocycles. The van der Waals surface area contributed by atoms with E-state index in [-0.39, 0.29) is 12.0 Å². The second-order valence-corrected chi connectivity index (χ2v) is 4.90. The number of nitrogens with zero attached hydrogens (tertiary/aromatic N) is 2. The van der Waals surface area contributed by atoms with E-state index in [2.05, 4.69) is 6.07 Å². The van der Waals surface area contributed by atoms with Crippen LogP contribution in [0.2, 0.25) is 0 Å². The van der Waals surface area contributed by atoms with Gasteiger partial charge in [0.2, 0.25) is 0 Å². The lowest BCUT2D eigenvalue weighted by atomic mass is 9.79. The van der Waals surface area contributed by atoms with Crippen molar-refractivity contribution in [2.24, 2.45) is 11.8 Å². The third kappa shape index (κ3) is 4.19. The van der Waals surface area contributed by atoms with Crippen LogP contribution in [-0.4, -0.2) is 30.2 Å². The minimum atomic E-state index is -4.18. The van der Waals surface area contributed by atoms with Gasteiger partial charge in [0.25, 0.3) is 0 Å². The van der Waals surface area contributed by atoms with Gasteiger partial charge in [-0.15, -0.1) is 0 Å². The minimum Gasteiger partial charge on any atom is -0.291 e. The van der Waals surface area contributed by atoms with Crippen molar-refractivity contribution in [3.63, 3.8) is 0 Å². The molecule has 0 spiro atoms. The number of hydrogen-bond acceptors (Lipinski definition) is 2. The van der Waals surface area contributed by atoms with Crippen LogP contribution >= 0.6 is 0 Å². The first-order valence-corrected chi connectivity index (χ1v) is 6.07. The quantitative estimate of drug-likeness (QED) is 0.767. The third-order valence-corrected chi connectivity index (χ3v) is 3.50. The molecule has 3 atom stereocenters. The molecule has 0 aromatic carbocycles. The Balaban J connectivity index is 2.74. The van der Waals surface area contributed by atoms with E-state index >= 15 is 0 Å². The summed E-state index contributed by atoms with van der Waals surface area (Å²) in [5, 5.41) is 9.03. The van der Waals surface area contributed by atoms with Crippen LogP contribution in [0, 0.1) is 23.2 Å². The lowest BCUT2D eigenvalue weighted by molar-refractivity contribution is -0.153. The lowest BCUT2D eigenvalue weighted by Gasteiger charge is -2.39. The number of nitriles is 1. The van der Waals surface area contributed by atoms with E-state index in [1.165, 1.54) is 4.90 Å². The maximum atomic E-state index is 12.5. The summed E-state index contributed by atoms with van der Waals surface area (Å²) < 4.78 is 37.4. The molecule has 3 unspecified atom stereocenters. The molecule has 0 heterocycles. The zero-order valence-corrected chi connectivity index (χ0v) is 10.3. The molecule has 0 N–H and O–H groups in total. The summed E-state index contributed by atoms with van der Waals surface area (Å²) in [5.41, 5.74) is 0. The molecule has 1 fully saturated rings. The molecule has 2 nitrogen and oxygen atoms in total. The molecular formula is C12H19F3N2. The van der Waals surface area contributed by atoms with Crippen LogP contribution in [0.5, 0.6) is 0 Å². The second kappa shape index (κ2) is 5.72. The molecule has 17 heavy (non-hydrogen) atoms. The predicted molar refractivity (Wildman–Crippen MR) is 59.2 cm³/mol. The smallest absolute Gasteiger partial charge is 0.291 e. The summed E-state index contributed by atoms with van der Waals surface area (Å²) in [6.45, 7) is 3.20. The SMILES string of the molecule is CCN(CC(F)(F)F)C1CC(C)CCC1C#N. The average Bonchev–Trinajstić information content (AvgIpc) is 2.24. The number of hydrogen-bond donors (Lipinski definition) is 0. The van der Waals surface area contributed by atoms with Crippen LogP contribution < -0.4 is 0 Å². The van der Waals surface area contributed by atoms with Crippen molar-refractivity contribution in [1.29, 1.82) is 5.26 Å². The number of halogens is 3. The van der Waals surface area contributed by atoms with Gasteiger partial charge >= 0.3 is 6.18 Å². The topological polar surface area (TPSA) is 27.0 Å².